The molecular formula is C92H64N2. The van der Waals surface area contributed by atoms with Crippen molar-refractivity contribution in [2.24, 2.45) is 0 Å². The van der Waals surface area contributed by atoms with E-state index in [9.17, 15) is 0 Å². The topological polar surface area (TPSA) is 6.48 Å². The summed E-state index contributed by atoms with van der Waals surface area (Å²) in [6.07, 6.45) is 0. The predicted octanol–water partition coefficient (Wildman–Crippen LogP) is 24.2. The van der Waals surface area contributed by atoms with Crippen molar-refractivity contribution in [3.05, 3.63) is 407 Å². The standard InChI is InChI=1S/C92H64N2/c1-61-23-17-35-73(55-61)93(75-37-21-27-67(59-75)65-25-19-33-71(57-65)91(69-29-5-3-6-30-69)83-43-13-9-39-77(83)78-40-10-14-44-84(78)91)87-53-49-63-48-52-82-88(54-50-64-47-51-81(87)89(63)90(64)82)94(74-36-18-24-62(2)56-74)76-38-22-28-68(60-76)66-26-20-34-72(58-66)92(70-31-7-4-8-32-70)85-45-15-11-41-79(85)80-42-12-16-46-86(80)92/h3-60H,1-2H3. The minimum absolute atomic E-state index is 0.504. The molecule has 0 saturated heterocycles. The summed E-state index contributed by atoms with van der Waals surface area (Å²) in [5.41, 5.74) is 28.0. The van der Waals surface area contributed by atoms with E-state index in [1.807, 2.05) is 0 Å². The lowest BCUT2D eigenvalue weighted by molar-refractivity contribution is 0.769. The Balaban J connectivity index is 0.774. The van der Waals surface area contributed by atoms with Crippen molar-refractivity contribution < 1.29 is 0 Å². The Bertz CT molecular complexity index is 5180. The lowest BCUT2D eigenvalue weighted by Gasteiger charge is -2.34. The van der Waals surface area contributed by atoms with Crippen LogP contribution < -0.4 is 9.80 Å². The molecule has 0 atom stereocenters. The third kappa shape index (κ3) is 8.43. The normalized spacial score (nSPS) is 13.2. The molecule has 0 fully saturated rings. The molecule has 2 aliphatic rings. The first-order valence-corrected chi connectivity index (χ1v) is 32.8. The SMILES string of the molecule is Cc1cccc(N(c2cccc(-c3cccc(C4(c5ccccc5)c5ccccc5-c5ccccc54)c3)c2)c2ccc3ccc4c(N(c5cccc(C)c5)c5cccc(-c6cccc(C7(c8ccccc8)c8ccccc8-c8ccccc87)c6)c5)ccc5ccc2c3c54)c1. The van der Waals surface area contributed by atoms with Crippen molar-refractivity contribution in [3.8, 4) is 44.5 Å². The zero-order chi connectivity index (χ0) is 62.5. The van der Waals surface area contributed by atoms with Crippen LogP contribution in [0.5, 0.6) is 0 Å². The zero-order valence-electron chi connectivity index (χ0n) is 52.4. The van der Waals surface area contributed by atoms with Crippen LogP contribution in [0.1, 0.15) is 55.6 Å². The molecule has 16 aromatic rings. The highest BCUT2D eigenvalue weighted by molar-refractivity contribution is 6.28. The summed E-state index contributed by atoms with van der Waals surface area (Å²) >= 11 is 0. The van der Waals surface area contributed by atoms with Gasteiger partial charge in [-0.15, -0.1) is 0 Å². The smallest absolute Gasteiger partial charge is 0.0713 e. The van der Waals surface area contributed by atoms with Gasteiger partial charge in [0.15, 0.2) is 0 Å². The second-order valence-electron chi connectivity index (χ2n) is 25.6. The number of aryl methyl sites for hydroxylation is 2. The fraction of sp³-hybridized carbons (Fsp3) is 0.0435. The molecule has 0 bridgehead atoms. The number of hydrogen-bond donors (Lipinski definition) is 0. The molecule has 0 aromatic heterocycles. The Morgan fingerprint density at radius 2 is 0.521 bits per heavy atom. The van der Waals surface area contributed by atoms with E-state index in [4.69, 9.17) is 0 Å². The van der Waals surface area contributed by atoms with Crippen molar-refractivity contribution in [1.29, 1.82) is 0 Å². The molecule has 18 rings (SSSR count). The fourth-order valence-electron chi connectivity index (χ4n) is 16.5. The van der Waals surface area contributed by atoms with Crippen molar-refractivity contribution in [1.82, 2.24) is 0 Å². The number of benzene rings is 16. The molecule has 442 valence electrons. The lowest BCUT2D eigenvalue weighted by atomic mass is 9.67. The van der Waals surface area contributed by atoms with Gasteiger partial charge >= 0.3 is 0 Å². The minimum atomic E-state index is -0.504. The highest BCUT2D eigenvalue weighted by Gasteiger charge is 2.47. The van der Waals surface area contributed by atoms with Crippen molar-refractivity contribution in [2.45, 2.75) is 24.7 Å². The minimum Gasteiger partial charge on any atom is -0.310 e. The highest BCUT2D eigenvalue weighted by Crippen LogP contribution is 2.59. The van der Waals surface area contributed by atoms with Gasteiger partial charge in [0.2, 0.25) is 0 Å². The van der Waals surface area contributed by atoms with Crippen molar-refractivity contribution in [3.63, 3.8) is 0 Å². The number of rotatable bonds is 12. The quantitative estimate of drug-likeness (QED) is 0.113. The number of hydrogen-bond acceptors (Lipinski definition) is 2. The van der Waals surface area contributed by atoms with Gasteiger partial charge in [-0.2, -0.15) is 0 Å². The summed E-state index contributed by atoms with van der Waals surface area (Å²) in [7, 11) is 0. The predicted molar refractivity (Wildman–Crippen MR) is 394 cm³/mol. The molecule has 0 amide bonds. The maximum atomic E-state index is 2.48. The van der Waals surface area contributed by atoms with Gasteiger partial charge in [0.1, 0.15) is 0 Å². The first-order valence-electron chi connectivity index (χ1n) is 32.8. The van der Waals surface area contributed by atoms with Crippen molar-refractivity contribution in [2.75, 3.05) is 9.80 Å². The van der Waals surface area contributed by atoms with Gasteiger partial charge in [-0.25, -0.2) is 0 Å². The largest absolute Gasteiger partial charge is 0.310 e. The third-order valence-electron chi connectivity index (χ3n) is 20.4. The third-order valence-corrected chi connectivity index (χ3v) is 20.4. The van der Waals surface area contributed by atoms with Gasteiger partial charge in [0.05, 0.1) is 22.2 Å². The molecule has 2 aliphatic carbocycles. The maximum Gasteiger partial charge on any atom is 0.0713 e. The Morgan fingerprint density at radius 3 is 0.894 bits per heavy atom. The monoisotopic (exact) mass is 1200 g/mol. The first-order chi connectivity index (χ1) is 46.4. The first kappa shape index (κ1) is 55.0. The average molecular weight is 1200 g/mol. The van der Waals surface area contributed by atoms with Gasteiger partial charge in [-0.05, 0) is 208 Å². The Kier molecular flexibility index (Phi) is 12.8. The molecule has 0 N–H and O–H groups in total. The van der Waals surface area contributed by atoms with E-state index in [0.29, 0.717) is 0 Å². The lowest BCUT2D eigenvalue weighted by Crippen LogP contribution is -2.28. The number of nitrogens with zero attached hydrogens (tertiary/aromatic N) is 2. The Morgan fingerprint density at radius 1 is 0.223 bits per heavy atom. The molecule has 2 heteroatoms. The Labute approximate surface area is 549 Å². The van der Waals surface area contributed by atoms with Gasteiger partial charge < -0.3 is 9.80 Å². The van der Waals surface area contributed by atoms with Gasteiger partial charge in [-0.1, -0.05) is 279 Å². The molecule has 0 aliphatic heterocycles. The zero-order valence-corrected chi connectivity index (χ0v) is 52.4. The van der Waals surface area contributed by atoms with Gasteiger partial charge in [0.25, 0.3) is 0 Å². The second kappa shape index (κ2) is 21.9. The molecular weight excluding hydrogens is 1130 g/mol. The van der Waals surface area contributed by atoms with E-state index in [1.165, 1.54) is 121 Å². The van der Waals surface area contributed by atoms with Crippen LogP contribution in [-0.4, -0.2) is 0 Å². The molecule has 0 radical (unpaired) electrons. The van der Waals surface area contributed by atoms with Crippen LogP contribution in [-0.2, 0) is 10.8 Å². The summed E-state index contributed by atoms with van der Waals surface area (Å²) < 4.78 is 0. The summed E-state index contributed by atoms with van der Waals surface area (Å²) in [6, 6.07) is 132. The summed E-state index contributed by atoms with van der Waals surface area (Å²) in [6.45, 7) is 4.39. The number of anilines is 6. The molecule has 16 aromatic carbocycles. The fourth-order valence-corrected chi connectivity index (χ4v) is 16.5. The van der Waals surface area contributed by atoms with Crippen LogP contribution in [0.2, 0.25) is 0 Å². The van der Waals surface area contributed by atoms with Crippen LogP contribution in [0.3, 0.4) is 0 Å². The van der Waals surface area contributed by atoms with Crippen molar-refractivity contribution >= 4 is 66.4 Å². The van der Waals surface area contributed by atoms with E-state index in [0.717, 1.165) is 45.3 Å². The van der Waals surface area contributed by atoms with Gasteiger partial charge in [-0.3, -0.25) is 0 Å². The molecule has 94 heavy (non-hydrogen) atoms. The summed E-state index contributed by atoms with van der Waals surface area (Å²) in [5.74, 6) is 0. The number of fused-ring (bicyclic) bond motifs is 6. The van der Waals surface area contributed by atoms with Crippen LogP contribution >= 0.6 is 0 Å². The van der Waals surface area contributed by atoms with Crippen LogP contribution in [0, 0.1) is 13.8 Å². The second-order valence-corrected chi connectivity index (χ2v) is 25.6. The maximum absolute atomic E-state index is 2.48. The molecule has 2 nitrogen and oxygen atoms in total. The average Bonchev–Trinajstić information content (AvgIpc) is 1.46. The molecule has 0 saturated carbocycles. The van der Waals surface area contributed by atoms with E-state index in [2.05, 4.69) is 375 Å². The van der Waals surface area contributed by atoms with E-state index < -0.39 is 10.8 Å². The van der Waals surface area contributed by atoms with Crippen LogP contribution in [0.25, 0.3) is 76.8 Å². The summed E-state index contributed by atoms with van der Waals surface area (Å²) in [5, 5.41) is 7.28. The highest BCUT2D eigenvalue weighted by atomic mass is 15.2. The molecule has 0 unspecified atom stereocenters. The molecule has 0 heterocycles. The molecule has 0 spiro atoms. The van der Waals surface area contributed by atoms with E-state index >= 15 is 0 Å². The van der Waals surface area contributed by atoms with E-state index in [1.54, 1.807) is 0 Å². The van der Waals surface area contributed by atoms with Gasteiger partial charge in [0, 0.05) is 33.5 Å². The van der Waals surface area contributed by atoms with Crippen LogP contribution in [0.4, 0.5) is 34.1 Å². The Hall–Kier alpha value is -11.8. The summed E-state index contributed by atoms with van der Waals surface area (Å²) in [4.78, 5) is 4.96. The van der Waals surface area contributed by atoms with E-state index in [-0.39, 0.29) is 0 Å². The van der Waals surface area contributed by atoms with Crippen LogP contribution in [0.15, 0.2) is 352 Å².